The van der Waals surface area contributed by atoms with Crippen molar-refractivity contribution in [2.45, 2.75) is 109 Å². The predicted octanol–water partition coefficient (Wildman–Crippen LogP) is 6.04. The fraction of sp³-hybridized carbons (Fsp3) is 0.511. The average molecular weight is 848 g/mol. The number of aryl methyl sites for hydroxylation is 1. The van der Waals surface area contributed by atoms with Crippen LogP contribution >= 0.6 is 0 Å². The topological polar surface area (TPSA) is 176 Å². The summed E-state index contributed by atoms with van der Waals surface area (Å²) in [6.07, 6.45) is 16.6. The molecule has 2 atom stereocenters. The predicted molar refractivity (Wildman–Crippen MR) is 233 cm³/mol. The number of aromatic nitrogens is 2. The number of imide groups is 2. The molecule has 8 rings (SSSR count). The van der Waals surface area contributed by atoms with Gasteiger partial charge in [-0.2, -0.15) is 0 Å². The van der Waals surface area contributed by atoms with E-state index in [1.807, 2.05) is 23.2 Å². The van der Waals surface area contributed by atoms with Gasteiger partial charge in [0, 0.05) is 81.3 Å². The maximum absolute atomic E-state index is 13.3. The summed E-state index contributed by atoms with van der Waals surface area (Å²) in [6.45, 7) is 6.03. The summed E-state index contributed by atoms with van der Waals surface area (Å²) in [7, 11) is 1.75. The third kappa shape index (κ3) is 9.47. The maximum Gasteiger partial charge on any atom is 0.264 e. The number of benzene rings is 1. The highest BCUT2D eigenvalue weighted by Gasteiger charge is 2.45. The van der Waals surface area contributed by atoms with Crippen molar-refractivity contribution < 1.29 is 33.1 Å². The molecule has 4 aromatic rings. The van der Waals surface area contributed by atoms with Crippen LogP contribution in [-0.2, 0) is 28.0 Å². The summed E-state index contributed by atoms with van der Waals surface area (Å²) in [5.74, 6) is 0.171. The minimum atomic E-state index is -0.984. The molecule has 3 aliphatic heterocycles. The highest BCUT2D eigenvalue weighted by atomic mass is 16.5. The van der Waals surface area contributed by atoms with E-state index in [0.717, 1.165) is 79.7 Å². The molecule has 2 unspecified atom stereocenters. The lowest BCUT2D eigenvalue weighted by atomic mass is 10.0. The second-order valence-corrected chi connectivity index (χ2v) is 17.4. The van der Waals surface area contributed by atoms with Gasteiger partial charge in [-0.3, -0.25) is 48.9 Å². The molecule has 62 heavy (non-hydrogen) atoms. The first-order valence-corrected chi connectivity index (χ1v) is 22.4. The molecule has 15 heteroatoms. The Labute approximate surface area is 361 Å². The highest BCUT2D eigenvalue weighted by Crippen LogP contribution is 2.37. The number of carbonyl (C=O) groups excluding carboxylic acids is 5. The Bertz CT molecular complexity index is 2400. The van der Waals surface area contributed by atoms with Gasteiger partial charge in [-0.15, -0.1) is 0 Å². The number of hydrogen-bond acceptors (Lipinski definition) is 11. The maximum atomic E-state index is 13.3. The van der Waals surface area contributed by atoms with Gasteiger partial charge in [0.05, 0.1) is 35.9 Å². The zero-order valence-corrected chi connectivity index (χ0v) is 35.8. The van der Waals surface area contributed by atoms with Gasteiger partial charge in [-0.05, 0) is 69.2 Å². The summed E-state index contributed by atoms with van der Waals surface area (Å²) in [4.78, 5) is 86.4. The number of unbranched alkanes of at least 4 members (excludes halogenated alkanes) is 7. The van der Waals surface area contributed by atoms with Crippen molar-refractivity contribution in [2.24, 2.45) is 13.0 Å². The zero-order valence-electron chi connectivity index (χ0n) is 35.8. The lowest BCUT2D eigenvalue weighted by Crippen LogP contribution is -2.54. The number of pyridine rings is 2. The number of ether oxygens (including phenoxy) is 1. The van der Waals surface area contributed by atoms with Gasteiger partial charge in [-0.25, -0.2) is 0 Å². The SMILES string of the molecule is CC1CN(C(=O)CCCCCCCCCCNc2cccc3c2C(=O)N(C2CCC(=O)NC2=O)C3=O)CCN1Cc1cc2c(=O)n(C)cc(-c3ccncc3OCC3CC3)c2o1. The molecule has 2 saturated heterocycles. The molecule has 1 aliphatic carbocycles. The van der Waals surface area contributed by atoms with E-state index in [-0.39, 0.29) is 41.5 Å². The molecule has 2 N–H and O–H groups in total. The van der Waals surface area contributed by atoms with Crippen molar-refractivity contribution in [1.82, 2.24) is 29.6 Å². The second kappa shape index (κ2) is 19.1. The van der Waals surface area contributed by atoms with Crippen LogP contribution in [0.15, 0.2) is 58.1 Å². The van der Waals surface area contributed by atoms with E-state index < -0.39 is 29.7 Å². The molecule has 3 fully saturated rings. The number of piperidine rings is 1. The van der Waals surface area contributed by atoms with Gasteiger partial charge in [0.1, 0.15) is 23.1 Å². The standard InChI is InChI=1S/C47H57N7O8/c1-30-26-53(23-22-52(30)27-32-24-35-43(62-32)36(28-51(2)45(35)58)33-19-21-48-25-39(33)61-29-31-15-16-31)41(56)14-9-7-5-3-4-6-8-10-20-49-37-13-11-12-34-42(37)47(60)54(46(34)59)38-17-18-40(55)50-44(38)57/h11-13,19,21,24-25,28,30-31,38,49H,3-10,14-18,20,22-23,26-27,29H2,1-2H3,(H,50,55,57). The molecule has 15 nitrogen and oxygen atoms in total. The lowest BCUT2D eigenvalue weighted by molar-refractivity contribution is -0.136. The van der Waals surface area contributed by atoms with Gasteiger partial charge in [-0.1, -0.05) is 44.6 Å². The van der Waals surface area contributed by atoms with Gasteiger partial charge in [0.2, 0.25) is 17.7 Å². The van der Waals surface area contributed by atoms with Crippen LogP contribution in [0.4, 0.5) is 5.69 Å². The van der Waals surface area contributed by atoms with E-state index in [9.17, 15) is 28.8 Å². The number of nitrogens with one attached hydrogen (secondary N) is 2. The fourth-order valence-electron chi connectivity index (χ4n) is 8.94. The average Bonchev–Trinajstić information content (AvgIpc) is 3.94. The van der Waals surface area contributed by atoms with Crippen LogP contribution in [0.1, 0.15) is 117 Å². The summed E-state index contributed by atoms with van der Waals surface area (Å²) in [6, 6.07) is 8.03. The van der Waals surface area contributed by atoms with Gasteiger partial charge in [0.15, 0.2) is 0 Å². The Morgan fingerprint density at radius 1 is 0.919 bits per heavy atom. The Morgan fingerprint density at radius 3 is 2.45 bits per heavy atom. The van der Waals surface area contributed by atoms with Crippen LogP contribution in [0.2, 0.25) is 0 Å². The minimum absolute atomic E-state index is 0.0844. The number of amides is 5. The molecule has 1 aromatic carbocycles. The van der Waals surface area contributed by atoms with Gasteiger partial charge >= 0.3 is 0 Å². The van der Waals surface area contributed by atoms with E-state index in [2.05, 4.69) is 27.4 Å². The Morgan fingerprint density at radius 2 is 1.69 bits per heavy atom. The lowest BCUT2D eigenvalue weighted by Gasteiger charge is -2.39. The number of rotatable bonds is 19. The first-order valence-electron chi connectivity index (χ1n) is 22.4. The molecule has 0 spiro atoms. The number of nitrogens with zero attached hydrogens (tertiary/aromatic N) is 5. The molecule has 3 aromatic heterocycles. The molecule has 5 amide bonds. The highest BCUT2D eigenvalue weighted by molar-refractivity contribution is 6.25. The van der Waals surface area contributed by atoms with Crippen LogP contribution in [0.25, 0.3) is 22.1 Å². The number of hydrogen-bond donors (Lipinski definition) is 2. The van der Waals surface area contributed by atoms with Crippen LogP contribution < -0.4 is 20.9 Å². The number of piperazine rings is 1. The van der Waals surface area contributed by atoms with Crippen molar-refractivity contribution in [3.8, 4) is 16.9 Å². The van der Waals surface area contributed by atoms with Crippen LogP contribution in [0, 0.1) is 5.92 Å². The molecule has 6 heterocycles. The van der Waals surface area contributed by atoms with Crippen molar-refractivity contribution in [3.63, 3.8) is 0 Å². The molecule has 0 bridgehead atoms. The third-order valence-electron chi connectivity index (χ3n) is 12.7. The Hall–Kier alpha value is -5.83. The van der Waals surface area contributed by atoms with Crippen LogP contribution in [0.3, 0.4) is 0 Å². The van der Waals surface area contributed by atoms with E-state index in [1.165, 1.54) is 12.8 Å². The van der Waals surface area contributed by atoms with Gasteiger partial charge < -0.3 is 23.9 Å². The van der Waals surface area contributed by atoms with E-state index >= 15 is 0 Å². The summed E-state index contributed by atoms with van der Waals surface area (Å²) in [5.41, 5.74) is 3.22. The van der Waals surface area contributed by atoms with Crippen molar-refractivity contribution in [3.05, 3.63) is 76.2 Å². The van der Waals surface area contributed by atoms with E-state index in [1.54, 1.807) is 42.2 Å². The van der Waals surface area contributed by atoms with Crippen molar-refractivity contribution in [2.75, 3.05) is 38.1 Å². The van der Waals surface area contributed by atoms with Crippen LogP contribution in [-0.4, -0.2) is 98.7 Å². The number of fused-ring (bicyclic) bond motifs is 2. The zero-order chi connectivity index (χ0) is 43.3. The first kappa shape index (κ1) is 42.8. The molecular weight excluding hydrogens is 791 g/mol. The van der Waals surface area contributed by atoms with Crippen LogP contribution in [0.5, 0.6) is 5.75 Å². The molecule has 1 saturated carbocycles. The number of anilines is 1. The number of carbonyl (C=O) groups is 5. The third-order valence-corrected chi connectivity index (χ3v) is 12.7. The molecule has 0 radical (unpaired) electrons. The summed E-state index contributed by atoms with van der Waals surface area (Å²) in [5, 5.41) is 6.09. The number of furan rings is 1. The van der Waals surface area contributed by atoms with Crippen molar-refractivity contribution >= 4 is 46.2 Å². The monoisotopic (exact) mass is 847 g/mol. The first-order chi connectivity index (χ1) is 30.1. The smallest absolute Gasteiger partial charge is 0.264 e. The van der Waals surface area contributed by atoms with Gasteiger partial charge in [0.25, 0.3) is 17.4 Å². The molecular formula is C47H57N7O8. The summed E-state index contributed by atoms with van der Waals surface area (Å²) < 4.78 is 14.2. The Kier molecular flexibility index (Phi) is 13.2. The molecule has 4 aliphatic rings. The largest absolute Gasteiger partial charge is 0.491 e. The van der Waals surface area contributed by atoms with Crippen molar-refractivity contribution in [1.29, 1.82) is 0 Å². The normalized spacial score (nSPS) is 19.3. The summed E-state index contributed by atoms with van der Waals surface area (Å²) >= 11 is 0. The second-order valence-electron chi connectivity index (χ2n) is 17.4. The quantitative estimate of drug-likeness (QED) is 0.0832. The molecule has 328 valence electrons. The van der Waals surface area contributed by atoms with E-state index in [0.29, 0.717) is 67.5 Å². The minimum Gasteiger partial charge on any atom is -0.491 e. The fourth-order valence-corrected chi connectivity index (χ4v) is 8.94. The van der Waals surface area contributed by atoms with E-state index in [4.69, 9.17) is 9.15 Å². The Balaban J connectivity index is 0.719.